The predicted octanol–water partition coefficient (Wildman–Crippen LogP) is 2.62. The zero-order chi connectivity index (χ0) is 12.5. The third kappa shape index (κ3) is 4.83. The molecule has 0 heterocycles. The van der Waals surface area contributed by atoms with Gasteiger partial charge in [-0.15, -0.1) is 0 Å². The summed E-state index contributed by atoms with van der Waals surface area (Å²) in [6, 6.07) is 6.97. The average Bonchev–Trinajstić information content (AvgIpc) is 2.34. The smallest absolute Gasteiger partial charge is 0.165 e. The van der Waals surface area contributed by atoms with E-state index < -0.39 is 0 Å². The third-order valence-corrected chi connectivity index (χ3v) is 2.27. The largest absolute Gasteiger partial charge is 0.490 e. The fourth-order valence-corrected chi connectivity index (χ4v) is 1.37. The molecule has 92 valence electrons. The quantitative estimate of drug-likeness (QED) is 0.740. The molecule has 1 aromatic carbocycles. The Labute approximate surface area is 101 Å². The van der Waals surface area contributed by atoms with Crippen molar-refractivity contribution < 1.29 is 9.13 Å². The van der Waals surface area contributed by atoms with Crippen molar-refractivity contribution in [3.63, 3.8) is 0 Å². The summed E-state index contributed by atoms with van der Waals surface area (Å²) in [6.45, 7) is 3.89. The third-order valence-electron chi connectivity index (χ3n) is 2.27. The lowest BCUT2D eigenvalue weighted by atomic mass is 10.2. The molecule has 0 aliphatic rings. The van der Waals surface area contributed by atoms with Gasteiger partial charge in [0.1, 0.15) is 0 Å². The topological polar surface area (TPSA) is 45.0 Å². The van der Waals surface area contributed by atoms with Crippen LogP contribution in [0.3, 0.4) is 0 Å². The summed E-state index contributed by atoms with van der Waals surface area (Å²) in [6.07, 6.45) is 1.05. The molecule has 0 unspecified atom stereocenters. The predicted molar refractivity (Wildman–Crippen MR) is 64.1 cm³/mol. The minimum absolute atomic E-state index is 0.253. The lowest BCUT2D eigenvalue weighted by molar-refractivity contribution is 0.297. The number of nitrogens with one attached hydrogen (secondary N) is 1. The van der Waals surface area contributed by atoms with Gasteiger partial charge in [-0.2, -0.15) is 5.26 Å². The summed E-state index contributed by atoms with van der Waals surface area (Å²) in [5.74, 6) is -0.0967. The summed E-state index contributed by atoms with van der Waals surface area (Å²) in [7, 11) is 0. The van der Waals surface area contributed by atoms with Gasteiger partial charge in [-0.05, 0) is 30.7 Å². The minimum Gasteiger partial charge on any atom is -0.490 e. The highest BCUT2D eigenvalue weighted by atomic mass is 19.1. The summed E-state index contributed by atoms with van der Waals surface area (Å²) < 4.78 is 18.8. The number of benzene rings is 1. The van der Waals surface area contributed by atoms with Crippen LogP contribution in [-0.2, 0) is 6.54 Å². The van der Waals surface area contributed by atoms with E-state index in [2.05, 4.69) is 5.32 Å². The van der Waals surface area contributed by atoms with Crippen molar-refractivity contribution in [1.29, 1.82) is 5.26 Å². The fraction of sp³-hybridized carbons (Fsp3) is 0.462. The molecular weight excluding hydrogens is 219 g/mol. The second-order valence-corrected chi connectivity index (χ2v) is 3.66. The average molecular weight is 236 g/mol. The van der Waals surface area contributed by atoms with Crippen LogP contribution in [0.4, 0.5) is 4.39 Å². The van der Waals surface area contributed by atoms with Gasteiger partial charge in [-0.3, -0.25) is 0 Å². The molecule has 3 nitrogen and oxygen atoms in total. The van der Waals surface area contributed by atoms with Crippen LogP contribution < -0.4 is 10.1 Å². The van der Waals surface area contributed by atoms with E-state index in [1.165, 1.54) is 6.07 Å². The molecule has 0 bridgehead atoms. The highest BCUT2D eigenvalue weighted by molar-refractivity contribution is 5.29. The highest BCUT2D eigenvalue weighted by Gasteiger charge is 2.04. The molecule has 17 heavy (non-hydrogen) atoms. The standard InChI is InChI=1S/C13H17FN2O/c1-2-16-10-11-5-6-13(12(14)9-11)17-8-4-3-7-15/h5-6,9,16H,2-4,8,10H2,1H3. The van der Waals surface area contributed by atoms with Gasteiger partial charge >= 0.3 is 0 Å². The maximum atomic E-state index is 13.6. The van der Waals surface area contributed by atoms with Crippen molar-refractivity contribution in [3.8, 4) is 11.8 Å². The number of halogens is 1. The van der Waals surface area contributed by atoms with Gasteiger partial charge < -0.3 is 10.1 Å². The maximum Gasteiger partial charge on any atom is 0.165 e. The molecule has 4 heteroatoms. The van der Waals surface area contributed by atoms with E-state index in [1.54, 1.807) is 6.07 Å². The lowest BCUT2D eigenvalue weighted by Gasteiger charge is -2.08. The van der Waals surface area contributed by atoms with Crippen molar-refractivity contribution in [2.75, 3.05) is 13.2 Å². The van der Waals surface area contributed by atoms with E-state index >= 15 is 0 Å². The van der Waals surface area contributed by atoms with Gasteiger partial charge in [-0.25, -0.2) is 4.39 Å². The van der Waals surface area contributed by atoms with Crippen molar-refractivity contribution in [2.24, 2.45) is 0 Å². The van der Waals surface area contributed by atoms with Crippen LogP contribution in [0, 0.1) is 17.1 Å². The zero-order valence-corrected chi connectivity index (χ0v) is 10.0. The number of rotatable bonds is 7. The van der Waals surface area contributed by atoms with E-state index in [0.717, 1.165) is 12.1 Å². The molecule has 0 aromatic heterocycles. The molecule has 1 aromatic rings. The van der Waals surface area contributed by atoms with Crippen LogP contribution in [0.15, 0.2) is 18.2 Å². The van der Waals surface area contributed by atoms with Gasteiger partial charge in [-0.1, -0.05) is 13.0 Å². The molecule has 0 saturated carbocycles. The summed E-state index contributed by atoms with van der Waals surface area (Å²) in [5, 5.41) is 11.5. The van der Waals surface area contributed by atoms with Crippen LogP contribution in [0.2, 0.25) is 0 Å². The minimum atomic E-state index is -0.350. The van der Waals surface area contributed by atoms with Crippen molar-refractivity contribution in [1.82, 2.24) is 5.32 Å². The van der Waals surface area contributed by atoms with E-state index in [-0.39, 0.29) is 11.6 Å². The van der Waals surface area contributed by atoms with Crippen molar-refractivity contribution in [2.45, 2.75) is 26.3 Å². The zero-order valence-electron chi connectivity index (χ0n) is 10.0. The molecule has 0 aliphatic heterocycles. The van der Waals surface area contributed by atoms with Crippen LogP contribution in [0.5, 0.6) is 5.75 Å². The second-order valence-electron chi connectivity index (χ2n) is 3.66. The molecule has 1 rings (SSSR count). The van der Waals surface area contributed by atoms with Crippen LogP contribution in [-0.4, -0.2) is 13.2 Å². The van der Waals surface area contributed by atoms with Crippen LogP contribution in [0.1, 0.15) is 25.3 Å². The Morgan fingerprint density at radius 1 is 1.47 bits per heavy atom. The Morgan fingerprint density at radius 2 is 2.29 bits per heavy atom. The number of hydrogen-bond acceptors (Lipinski definition) is 3. The van der Waals surface area contributed by atoms with E-state index in [9.17, 15) is 4.39 Å². The molecule has 0 radical (unpaired) electrons. The number of nitrogens with zero attached hydrogens (tertiary/aromatic N) is 1. The Morgan fingerprint density at radius 3 is 2.94 bits per heavy atom. The lowest BCUT2D eigenvalue weighted by Crippen LogP contribution is -2.11. The molecule has 0 amide bonds. The molecule has 1 N–H and O–H groups in total. The SMILES string of the molecule is CCNCc1ccc(OCCCC#N)c(F)c1. The summed E-state index contributed by atoms with van der Waals surface area (Å²) >= 11 is 0. The normalized spacial score (nSPS) is 9.94. The Bertz CT molecular complexity index is 387. The van der Waals surface area contributed by atoms with Gasteiger partial charge in [0.05, 0.1) is 12.7 Å². The molecule has 0 spiro atoms. The number of ether oxygens (including phenoxy) is 1. The molecule has 0 saturated heterocycles. The fourth-order valence-electron chi connectivity index (χ4n) is 1.37. The molecule has 0 fully saturated rings. The maximum absolute atomic E-state index is 13.6. The monoisotopic (exact) mass is 236 g/mol. The van der Waals surface area contributed by atoms with Crippen molar-refractivity contribution >= 4 is 0 Å². The van der Waals surface area contributed by atoms with Gasteiger partial charge in [0.2, 0.25) is 0 Å². The Hall–Kier alpha value is -1.60. The number of unbranched alkanes of at least 4 members (excludes halogenated alkanes) is 1. The molecule has 0 aliphatic carbocycles. The second kappa shape index (κ2) is 7.64. The first-order chi connectivity index (χ1) is 8.27. The Balaban J connectivity index is 2.48. The van der Waals surface area contributed by atoms with Gasteiger partial charge in [0.25, 0.3) is 0 Å². The summed E-state index contributed by atoms with van der Waals surface area (Å²) in [5.41, 5.74) is 0.897. The number of hydrogen-bond donors (Lipinski definition) is 1. The van der Waals surface area contributed by atoms with Gasteiger partial charge in [0, 0.05) is 13.0 Å². The van der Waals surface area contributed by atoms with Crippen molar-refractivity contribution in [3.05, 3.63) is 29.6 Å². The van der Waals surface area contributed by atoms with Crippen LogP contribution in [0.25, 0.3) is 0 Å². The first kappa shape index (κ1) is 13.5. The first-order valence-corrected chi connectivity index (χ1v) is 5.76. The molecule has 0 atom stereocenters. The Kier molecular flexibility index (Phi) is 6.05. The highest BCUT2D eigenvalue weighted by Crippen LogP contribution is 2.18. The van der Waals surface area contributed by atoms with E-state index in [1.807, 2.05) is 19.1 Å². The molecular formula is C13H17FN2O. The van der Waals surface area contributed by atoms with E-state index in [4.69, 9.17) is 10.00 Å². The van der Waals surface area contributed by atoms with Gasteiger partial charge in [0.15, 0.2) is 11.6 Å². The van der Waals surface area contributed by atoms with E-state index in [0.29, 0.717) is 26.0 Å². The van der Waals surface area contributed by atoms with Crippen LogP contribution >= 0.6 is 0 Å². The number of nitriles is 1. The summed E-state index contributed by atoms with van der Waals surface area (Å²) in [4.78, 5) is 0. The first-order valence-electron chi connectivity index (χ1n) is 5.76.